The largest absolute Gasteiger partial charge is 0.348 e. The molecule has 1 aromatic carbocycles. The van der Waals surface area contributed by atoms with Crippen LogP contribution in [0.4, 0.5) is 5.82 Å². The molecule has 0 N–H and O–H groups in total. The van der Waals surface area contributed by atoms with Crippen molar-refractivity contribution in [3.05, 3.63) is 48.7 Å². The van der Waals surface area contributed by atoms with Gasteiger partial charge in [0.15, 0.2) is 5.82 Å². The van der Waals surface area contributed by atoms with Gasteiger partial charge in [0.2, 0.25) is 0 Å². The SMILES string of the molecule is CC(C)N(c1nnc(-c2ccccc2)c2cccnc12)C(C)C. The Kier molecular flexibility index (Phi) is 4.24. The fourth-order valence-corrected chi connectivity index (χ4v) is 3.04. The lowest BCUT2D eigenvalue weighted by atomic mass is 10.1. The van der Waals surface area contributed by atoms with Crippen LogP contribution in [0.25, 0.3) is 22.2 Å². The number of fused-ring (bicyclic) bond motifs is 1. The molecule has 0 saturated heterocycles. The molecule has 0 radical (unpaired) electrons. The molecule has 118 valence electrons. The lowest BCUT2D eigenvalue weighted by molar-refractivity contribution is 0.598. The highest BCUT2D eigenvalue weighted by Crippen LogP contribution is 2.31. The number of pyridine rings is 1. The van der Waals surface area contributed by atoms with Crippen molar-refractivity contribution in [3.63, 3.8) is 0 Å². The van der Waals surface area contributed by atoms with Crippen molar-refractivity contribution < 1.29 is 0 Å². The zero-order valence-electron chi connectivity index (χ0n) is 14.1. The van der Waals surface area contributed by atoms with Gasteiger partial charge in [0.05, 0.1) is 0 Å². The maximum atomic E-state index is 4.61. The molecule has 0 fully saturated rings. The zero-order chi connectivity index (χ0) is 16.4. The van der Waals surface area contributed by atoms with Crippen molar-refractivity contribution in [2.24, 2.45) is 0 Å². The van der Waals surface area contributed by atoms with Crippen molar-refractivity contribution >= 4 is 16.7 Å². The minimum absolute atomic E-state index is 0.331. The van der Waals surface area contributed by atoms with E-state index < -0.39 is 0 Å². The lowest BCUT2D eigenvalue weighted by Gasteiger charge is -2.32. The van der Waals surface area contributed by atoms with Crippen molar-refractivity contribution in [2.75, 3.05) is 4.90 Å². The molecule has 0 aliphatic rings. The number of anilines is 1. The van der Waals surface area contributed by atoms with E-state index in [0.29, 0.717) is 12.1 Å². The van der Waals surface area contributed by atoms with Crippen molar-refractivity contribution in [1.82, 2.24) is 15.2 Å². The van der Waals surface area contributed by atoms with Gasteiger partial charge in [0.1, 0.15) is 11.2 Å². The van der Waals surface area contributed by atoms with E-state index in [1.54, 1.807) is 0 Å². The molecular formula is C19H22N4. The topological polar surface area (TPSA) is 41.9 Å². The van der Waals surface area contributed by atoms with Gasteiger partial charge in [-0.15, -0.1) is 10.2 Å². The number of aromatic nitrogens is 3. The summed E-state index contributed by atoms with van der Waals surface area (Å²) in [4.78, 5) is 6.87. The maximum Gasteiger partial charge on any atom is 0.178 e. The monoisotopic (exact) mass is 306 g/mol. The van der Waals surface area contributed by atoms with E-state index in [0.717, 1.165) is 28.0 Å². The molecule has 0 atom stereocenters. The van der Waals surface area contributed by atoms with E-state index in [1.807, 2.05) is 30.5 Å². The van der Waals surface area contributed by atoms with Gasteiger partial charge in [-0.2, -0.15) is 0 Å². The summed E-state index contributed by atoms with van der Waals surface area (Å²) in [6, 6.07) is 14.8. The second kappa shape index (κ2) is 6.32. The fraction of sp³-hybridized carbons (Fsp3) is 0.316. The van der Waals surface area contributed by atoms with Gasteiger partial charge in [-0.3, -0.25) is 4.98 Å². The van der Waals surface area contributed by atoms with E-state index in [1.165, 1.54) is 0 Å². The van der Waals surface area contributed by atoms with Gasteiger partial charge in [-0.25, -0.2) is 0 Å². The van der Waals surface area contributed by atoms with Gasteiger partial charge in [-0.1, -0.05) is 30.3 Å². The predicted molar refractivity (Wildman–Crippen MR) is 95.5 cm³/mol. The Hall–Kier alpha value is -2.49. The number of benzene rings is 1. The molecule has 3 aromatic rings. The summed E-state index contributed by atoms with van der Waals surface area (Å²) in [5.74, 6) is 0.852. The molecule has 0 aliphatic heterocycles. The molecule has 2 aromatic heterocycles. The predicted octanol–water partition coefficient (Wildman–Crippen LogP) is 4.32. The van der Waals surface area contributed by atoms with Crippen LogP contribution in [0.15, 0.2) is 48.7 Å². The highest BCUT2D eigenvalue weighted by Gasteiger charge is 2.21. The first kappa shape index (κ1) is 15.4. The van der Waals surface area contributed by atoms with Crippen LogP contribution < -0.4 is 4.90 Å². The molecule has 0 amide bonds. The number of nitrogens with zero attached hydrogens (tertiary/aromatic N) is 4. The Bertz CT molecular complexity index is 789. The van der Waals surface area contributed by atoms with Gasteiger partial charge in [-0.05, 0) is 39.8 Å². The first-order chi connectivity index (χ1) is 11.1. The van der Waals surface area contributed by atoms with Crippen LogP contribution in [0, 0.1) is 0 Å². The molecule has 0 unspecified atom stereocenters. The normalized spacial score (nSPS) is 11.4. The minimum atomic E-state index is 0.331. The third kappa shape index (κ3) is 2.89. The van der Waals surface area contributed by atoms with Crippen LogP contribution in [-0.4, -0.2) is 27.3 Å². The first-order valence-corrected chi connectivity index (χ1v) is 8.04. The Balaban J connectivity index is 2.25. The van der Waals surface area contributed by atoms with Gasteiger partial charge >= 0.3 is 0 Å². The third-order valence-corrected chi connectivity index (χ3v) is 3.92. The summed E-state index contributed by atoms with van der Waals surface area (Å²) in [6.45, 7) is 8.67. The Labute approximate surface area is 137 Å². The molecule has 0 saturated carbocycles. The summed E-state index contributed by atoms with van der Waals surface area (Å²) in [6.07, 6.45) is 1.82. The van der Waals surface area contributed by atoms with Crippen LogP contribution in [0.5, 0.6) is 0 Å². The molecule has 0 aliphatic carbocycles. The first-order valence-electron chi connectivity index (χ1n) is 8.04. The maximum absolute atomic E-state index is 4.61. The molecule has 23 heavy (non-hydrogen) atoms. The highest BCUT2D eigenvalue weighted by molar-refractivity contribution is 5.97. The summed E-state index contributed by atoms with van der Waals surface area (Å²) in [5, 5.41) is 10.1. The average Bonchev–Trinajstić information content (AvgIpc) is 2.55. The smallest absolute Gasteiger partial charge is 0.178 e. The molecule has 2 heterocycles. The Morgan fingerprint density at radius 2 is 1.52 bits per heavy atom. The highest BCUT2D eigenvalue weighted by atomic mass is 15.3. The van der Waals surface area contributed by atoms with E-state index in [2.05, 4.69) is 66.0 Å². The second-order valence-electron chi connectivity index (χ2n) is 6.23. The summed E-state index contributed by atoms with van der Waals surface area (Å²) < 4.78 is 0. The summed E-state index contributed by atoms with van der Waals surface area (Å²) >= 11 is 0. The minimum Gasteiger partial charge on any atom is -0.348 e. The van der Waals surface area contributed by atoms with Crippen LogP contribution in [0.2, 0.25) is 0 Å². The molecule has 3 rings (SSSR count). The van der Waals surface area contributed by atoms with Gasteiger partial charge < -0.3 is 4.90 Å². The molecule has 0 spiro atoms. The van der Waals surface area contributed by atoms with Crippen molar-refractivity contribution in [1.29, 1.82) is 0 Å². The third-order valence-electron chi connectivity index (χ3n) is 3.92. The average molecular weight is 306 g/mol. The second-order valence-corrected chi connectivity index (χ2v) is 6.23. The number of hydrogen-bond donors (Lipinski definition) is 0. The quantitative estimate of drug-likeness (QED) is 0.720. The van der Waals surface area contributed by atoms with Crippen molar-refractivity contribution in [2.45, 2.75) is 39.8 Å². The molecule has 0 bridgehead atoms. The van der Waals surface area contributed by atoms with E-state index in [9.17, 15) is 0 Å². The standard InChI is InChI=1S/C19H22N4/c1-13(2)23(14(3)4)19-18-16(11-8-12-20-18)17(21-22-19)15-9-6-5-7-10-15/h5-14H,1-4H3. The summed E-state index contributed by atoms with van der Waals surface area (Å²) in [7, 11) is 0. The van der Waals surface area contributed by atoms with E-state index >= 15 is 0 Å². The van der Waals surface area contributed by atoms with Crippen LogP contribution in [-0.2, 0) is 0 Å². The number of rotatable bonds is 4. The summed E-state index contributed by atoms with van der Waals surface area (Å²) in [5.41, 5.74) is 2.85. The molecule has 4 nitrogen and oxygen atoms in total. The van der Waals surface area contributed by atoms with Crippen LogP contribution >= 0.6 is 0 Å². The lowest BCUT2D eigenvalue weighted by Crippen LogP contribution is -2.38. The molecule has 4 heteroatoms. The van der Waals surface area contributed by atoms with Crippen molar-refractivity contribution in [3.8, 4) is 11.3 Å². The Morgan fingerprint density at radius 1 is 0.826 bits per heavy atom. The zero-order valence-corrected chi connectivity index (χ0v) is 14.1. The van der Waals surface area contributed by atoms with Crippen LogP contribution in [0.1, 0.15) is 27.7 Å². The van der Waals surface area contributed by atoms with Gasteiger partial charge in [0.25, 0.3) is 0 Å². The fourth-order valence-electron chi connectivity index (χ4n) is 3.04. The van der Waals surface area contributed by atoms with Crippen LogP contribution in [0.3, 0.4) is 0 Å². The Morgan fingerprint density at radius 3 is 2.17 bits per heavy atom. The van der Waals surface area contributed by atoms with E-state index in [-0.39, 0.29) is 0 Å². The molecular weight excluding hydrogens is 284 g/mol. The van der Waals surface area contributed by atoms with E-state index in [4.69, 9.17) is 0 Å². The van der Waals surface area contributed by atoms with Gasteiger partial charge in [0, 0.05) is 29.2 Å². The number of hydrogen-bond acceptors (Lipinski definition) is 4.